The zero-order chi connectivity index (χ0) is 14.6. The third-order valence-electron chi connectivity index (χ3n) is 4.62. The zero-order valence-corrected chi connectivity index (χ0v) is 12.6. The maximum atomic E-state index is 11.9. The fourth-order valence-electron chi connectivity index (χ4n) is 3.61. The van der Waals surface area contributed by atoms with Crippen molar-refractivity contribution in [3.8, 4) is 0 Å². The van der Waals surface area contributed by atoms with Gasteiger partial charge in [0, 0.05) is 24.3 Å². The Morgan fingerprint density at radius 2 is 2.05 bits per heavy atom. The van der Waals surface area contributed by atoms with Crippen molar-refractivity contribution in [2.24, 2.45) is 0 Å². The van der Waals surface area contributed by atoms with E-state index in [0.717, 1.165) is 42.9 Å². The van der Waals surface area contributed by atoms with Gasteiger partial charge in [-0.05, 0) is 32.0 Å². The lowest BCUT2D eigenvalue weighted by molar-refractivity contribution is -0.117. The molecule has 4 rings (SSSR count). The molecule has 1 aromatic rings. The van der Waals surface area contributed by atoms with Crippen LogP contribution in [0.5, 0.6) is 0 Å². The Kier molecular flexibility index (Phi) is 3.10. The third kappa shape index (κ3) is 2.11. The number of carbonyl (C=O) groups is 1. The first-order valence-corrected chi connectivity index (χ1v) is 7.75. The van der Waals surface area contributed by atoms with Crippen molar-refractivity contribution in [3.63, 3.8) is 0 Å². The first-order chi connectivity index (χ1) is 10.2. The van der Waals surface area contributed by atoms with E-state index in [2.05, 4.69) is 15.5 Å². The fraction of sp³-hybridized carbons (Fsp3) is 0.533. The number of likely N-dealkylation sites (N-methyl/N-ethyl adjacent to an activating group) is 1. The molecule has 112 valence electrons. The largest absolute Gasteiger partial charge is 0.371 e. The number of nitrogens with one attached hydrogen (secondary N) is 2. The lowest BCUT2D eigenvalue weighted by atomic mass is 10.1. The Hall–Kier alpha value is -1.30. The van der Waals surface area contributed by atoms with Crippen LogP contribution in [0.15, 0.2) is 12.1 Å². The van der Waals surface area contributed by atoms with Crippen LogP contribution in [-0.4, -0.2) is 38.3 Å². The highest BCUT2D eigenvalue weighted by Crippen LogP contribution is 2.40. The number of fused-ring (bicyclic) bond motifs is 3. The first-order valence-electron chi connectivity index (χ1n) is 7.37. The molecule has 21 heavy (non-hydrogen) atoms. The van der Waals surface area contributed by atoms with Gasteiger partial charge in [-0.25, -0.2) is 0 Å². The van der Waals surface area contributed by atoms with Crippen LogP contribution in [0.25, 0.3) is 0 Å². The topological polar surface area (TPSA) is 53.6 Å². The minimum Gasteiger partial charge on any atom is -0.371 e. The average Bonchev–Trinajstić information content (AvgIpc) is 2.96. The van der Waals surface area contributed by atoms with E-state index in [0.29, 0.717) is 17.2 Å². The van der Waals surface area contributed by atoms with Crippen LogP contribution in [0.3, 0.4) is 0 Å². The van der Waals surface area contributed by atoms with Crippen LogP contribution in [0.1, 0.15) is 24.4 Å². The Balaban J connectivity index is 1.68. The molecule has 2 bridgehead atoms. The molecule has 5 nitrogen and oxygen atoms in total. The number of hydrogen-bond acceptors (Lipinski definition) is 4. The molecule has 0 aliphatic carbocycles. The molecule has 3 aliphatic rings. The van der Waals surface area contributed by atoms with Gasteiger partial charge in [0.2, 0.25) is 5.91 Å². The maximum Gasteiger partial charge on any atom is 0.246 e. The molecule has 0 aromatic heterocycles. The van der Waals surface area contributed by atoms with Crippen molar-refractivity contribution in [1.82, 2.24) is 5.32 Å². The summed E-state index contributed by atoms with van der Waals surface area (Å²) in [7, 11) is 1.78. The van der Waals surface area contributed by atoms with Gasteiger partial charge in [0.1, 0.15) is 6.04 Å². The monoisotopic (exact) mass is 307 g/mol. The van der Waals surface area contributed by atoms with Gasteiger partial charge in [-0.3, -0.25) is 4.79 Å². The smallest absolute Gasteiger partial charge is 0.246 e. The van der Waals surface area contributed by atoms with Gasteiger partial charge in [0.25, 0.3) is 0 Å². The molecule has 3 aliphatic heterocycles. The molecule has 1 aromatic carbocycles. The molecule has 1 amide bonds. The highest BCUT2D eigenvalue weighted by Gasteiger charge is 2.36. The summed E-state index contributed by atoms with van der Waals surface area (Å²) in [6.45, 7) is 1.75. The number of rotatable bonds is 2. The predicted octanol–water partition coefficient (Wildman–Crippen LogP) is 1.92. The summed E-state index contributed by atoms with van der Waals surface area (Å²) in [5.41, 5.74) is 2.78. The zero-order valence-electron chi connectivity index (χ0n) is 11.9. The van der Waals surface area contributed by atoms with Crippen molar-refractivity contribution >= 4 is 28.9 Å². The van der Waals surface area contributed by atoms with Crippen molar-refractivity contribution in [2.45, 2.75) is 31.1 Å². The highest BCUT2D eigenvalue weighted by atomic mass is 35.5. The third-order valence-corrected chi connectivity index (χ3v) is 4.93. The summed E-state index contributed by atoms with van der Waals surface area (Å²) < 4.78 is 5.87. The minimum absolute atomic E-state index is 0.0252. The van der Waals surface area contributed by atoms with Gasteiger partial charge in [-0.15, -0.1) is 0 Å². The number of carbonyl (C=O) groups excluding carboxylic acids is 1. The quantitative estimate of drug-likeness (QED) is 0.876. The van der Waals surface area contributed by atoms with E-state index in [1.54, 1.807) is 7.05 Å². The molecule has 2 fully saturated rings. The summed E-state index contributed by atoms with van der Waals surface area (Å²) in [5, 5.41) is 6.64. The Labute approximate surface area is 128 Å². The number of benzene rings is 1. The van der Waals surface area contributed by atoms with Gasteiger partial charge in [-0.2, -0.15) is 0 Å². The maximum absolute atomic E-state index is 11.9. The number of hydrogen-bond donors (Lipinski definition) is 2. The second-order valence-electron chi connectivity index (χ2n) is 5.96. The second-order valence-corrected chi connectivity index (χ2v) is 6.37. The summed E-state index contributed by atoms with van der Waals surface area (Å²) in [6.07, 6.45) is 2.88. The lowest BCUT2D eigenvalue weighted by Gasteiger charge is -2.34. The molecule has 0 radical (unpaired) electrons. The van der Waals surface area contributed by atoms with Gasteiger partial charge in [0.15, 0.2) is 0 Å². The normalized spacial score (nSPS) is 30.5. The van der Waals surface area contributed by atoms with Crippen LogP contribution in [0.2, 0.25) is 5.02 Å². The summed E-state index contributed by atoms with van der Waals surface area (Å²) in [4.78, 5) is 14.2. The van der Waals surface area contributed by atoms with E-state index in [4.69, 9.17) is 16.3 Å². The van der Waals surface area contributed by atoms with Gasteiger partial charge in [-0.1, -0.05) is 11.6 Å². The van der Waals surface area contributed by atoms with Crippen LogP contribution in [-0.2, 0) is 9.53 Å². The standard InChI is InChI=1S/C15H18ClN3O2/c1-17-14-10-4-11(16)13(5-12(10)18-15(14)20)19-6-8-2-3-9(7-19)21-8/h4-5,8-9,14,17H,2-3,6-7H2,1H3,(H,18,20). The van der Waals surface area contributed by atoms with Crippen molar-refractivity contribution in [2.75, 3.05) is 30.4 Å². The number of anilines is 2. The molecular formula is C15H18ClN3O2. The Morgan fingerprint density at radius 3 is 2.71 bits per heavy atom. The Morgan fingerprint density at radius 1 is 1.33 bits per heavy atom. The molecule has 3 unspecified atom stereocenters. The van der Waals surface area contributed by atoms with E-state index in [9.17, 15) is 4.79 Å². The predicted molar refractivity (Wildman–Crippen MR) is 82.0 cm³/mol. The van der Waals surface area contributed by atoms with Crippen molar-refractivity contribution in [3.05, 3.63) is 22.7 Å². The molecule has 3 heterocycles. The van der Waals surface area contributed by atoms with Crippen LogP contribution >= 0.6 is 11.6 Å². The van der Waals surface area contributed by atoms with E-state index < -0.39 is 0 Å². The van der Waals surface area contributed by atoms with Crippen LogP contribution < -0.4 is 15.5 Å². The number of ether oxygens (including phenoxy) is 1. The van der Waals surface area contributed by atoms with Gasteiger partial charge >= 0.3 is 0 Å². The van der Waals surface area contributed by atoms with E-state index >= 15 is 0 Å². The first kappa shape index (κ1) is 13.4. The fourth-order valence-corrected chi connectivity index (χ4v) is 3.90. The molecule has 2 saturated heterocycles. The van der Waals surface area contributed by atoms with Crippen molar-refractivity contribution < 1.29 is 9.53 Å². The SMILES string of the molecule is CNC1C(=O)Nc2cc(N3CC4CCC(C3)O4)c(Cl)cc21. The van der Waals surface area contributed by atoms with Gasteiger partial charge < -0.3 is 20.3 Å². The highest BCUT2D eigenvalue weighted by molar-refractivity contribution is 6.33. The minimum atomic E-state index is -0.313. The van der Waals surface area contributed by atoms with Crippen LogP contribution in [0.4, 0.5) is 11.4 Å². The molecule has 6 heteroatoms. The molecule has 2 N–H and O–H groups in total. The number of amides is 1. The van der Waals surface area contributed by atoms with E-state index in [1.807, 2.05) is 12.1 Å². The average molecular weight is 308 g/mol. The van der Waals surface area contributed by atoms with E-state index in [-0.39, 0.29) is 11.9 Å². The van der Waals surface area contributed by atoms with Gasteiger partial charge in [0.05, 0.1) is 22.9 Å². The summed E-state index contributed by atoms with van der Waals surface area (Å²) in [6, 6.07) is 3.59. The van der Waals surface area contributed by atoms with Crippen molar-refractivity contribution in [1.29, 1.82) is 0 Å². The number of nitrogens with zero attached hydrogens (tertiary/aromatic N) is 1. The molecular weight excluding hydrogens is 290 g/mol. The molecule has 0 saturated carbocycles. The van der Waals surface area contributed by atoms with Crippen LogP contribution in [0, 0.1) is 0 Å². The molecule has 3 atom stereocenters. The number of morpholine rings is 1. The number of halogens is 1. The Bertz CT molecular complexity index is 595. The summed E-state index contributed by atoms with van der Waals surface area (Å²) in [5.74, 6) is -0.0252. The second kappa shape index (κ2) is 4.87. The summed E-state index contributed by atoms with van der Waals surface area (Å²) >= 11 is 6.48. The van der Waals surface area contributed by atoms with E-state index in [1.165, 1.54) is 0 Å². The molecule has 0 spiro atoms. The lowest BCUT2D eigenvalue weighted by Crippen LogP contribution is -2.42.